The van der Waals surface area contributed by atoms with Gasteiger partial charge >= 0.3 is 6.09 Å². The van der Waals surface area contributed by atoms with Gasteiger partial charge in [-0.2, -0.15) is 0 Å². The molecule has 0 saturated carbocycles. The second kappa shape index (κ2) is 7.37. The second-order valence-electron chi connectivity index (χ2n) is 7.19. The number of anilines is 1. The van der Waals surface area contributed by atoms with Crippen LogP contribution in [-0.4, -0.2) is 36.2 Å². The molecule has 0 N–H and O–H groups in total. The van der Waals surface area contributed by atoms with Gasteiger partial charge in [0.15, 0.2) is 0 Å². The molecule has 2 unspecified atom stereocenters. The van der Waals surface area contributed by atoms with E-state index in [1.165, 1.54) is 36.3 Å². The summed E-state index contributed by atoms with van der Waals surface area (Å²) >= 11 is 1.50. The first-order valence-corrected chi connectivity index (χ1v) is 9.96. The van der Waals surface area contributed by atoms with Crippen molar-refractivity contribution in [1.82, 2.24) is 4.90 Å². The standard InChI is InChI=1S/C20H23FN2O2S/c1-22-16-8-9-17(22)12-18(11-16)25-20(24)23(19-3-2-10-26-19)13-14-4-6-15(21)7-5-14/h2-7,10,16-18H,8-9,11-13H2,1H3. The quantitative estimate of drug-likeness (QED) is 0.781. The lowest BCUT2D eigenvalue weighted by Gasteiger charge is -2.36. The summed E-state index contributed by atoms with van der Waals surface area (Å²) in [6.07, 6.45) is 3.87. The average Bonchev–Trinajstić information content (AvgIpc) is 3.21. The van der Waals surface area contributed by atoms with Gasteiger partial charge in [0.25, 0.3) is 0 Å². The molecule has 1 aromatic carbocycles. The zero-order chi connectivity index (χ0) is 18.1. The highest BCUT2D eigenvalue weighted by atomic mass is 32.1. The third kappa shape index (κ3) is 3.62. The molecule has 6 heteroatoms. The molecule has 2 fully saturated rings. The summed E-state index contributed by atoms with van der Waals surface area (Å²) in [7, 11) is 2.17. The molecule has 2 atom stereocenters. The number of carbonyl (C=O) groups is 1. The van der Waals surface area contributed by atoms with Crippen LogP contribution in [0.5, 0.6) is 0 Å². The molecular formula is C20H23FN2O2S. The first-order chi connectivity index (χ1) is 12.6. The third-order valence-corrected chi connectivity index (χ3v) is 6.46. The summed E-state index contributed by atoms with van der Waals surface area (Å²) in [4.78, 5) is 17.0. The zero-order valence-corrected chi connectivity index (χ0v) is 15.6. The van der Waals surface area contributed by atoms with Crippen LogP contribution < -0.4 is 4.90 Å². The molecule has 0 aliphatic carbocycles. The summed E-state index contributed by atoms with van der Waals surface area (Å²) in [6.45, 7) is 0.374. The lowest BCUT2D eigenvalue weighted by atomic mass is 10.0. The van der Waals surface area contributed by atoms with Crippen molar-refractivity contribution in [3.8, 4) is 0 Å². The van der Waals surface area contributed by atoms with Crippen molar-refractivity contribution < 1.29 is 13.9 Å². The monoisotopic (exact) mass is 374 g/mol. The van der Waals surface area contributed by atoms with Crippen molar-refractivity contribution >= 4 is 22.4 Å². The number of amides is 1. The summed E-state index contributed by atoms with van der Waals surface area (Å²) in [5.74, 6) is -0.277. The fourth-order valence-corrected chi connectivity index (χ4v) is 4.81. The maximum absolute atomic E-state index is 13.2. The molecule has 26 heavy (non-hydrogen) atoms. The third-order valence-electron chi connectivity index (χ3n) is 5.57. The van der Waals surface area contributed by atoms with E-state index in [9.17, 15) is 9.18 Å². The lowest BCUT2D eigenvalue weighted by Crippen LogP contribution is -2.45. The number of benzene rings is 1. The molecule has 2 aromatic rings. The number of fused-ring (bicyclic) bond motifs is 2. The Hall–Kier alpha value is -1.92. The van der Waals surface area contributed by atoms with E-state index < -0.39 is 0 Å². The molecule has 138 valence electrons. The second-order valence-corrected chi connectivity index (χ2v) is 8.12. The SMILES string of the molecule is CN1C2CCC1CC(OC(=O)N(Cc1ccc(F)cc1)c1cccs1)C2. The molecular weight excluding hydrogens is 351 g/mol. The molecule has 4 rings (SSSR count). The zero-order valence-electron chi connectivity index (χ0n) is 14.8. The Bertz CT molecular complexity index is 736. The van der Waals surface area contributed by atoms with Crippen LogP contribution in [0.15, 0.2) is 41.8 Å². The fourth-order valence-electron chi connectivity index (χ4n) is 4.09. The first-order valence-electron chi connectivity index (χ1n) is 9.08. The summed E-state index contributed by atoms with van der Waals surface area (Å²) < 4.78 is 19.1. The highest BCUT2D eigenvalue weighted by Crippen LogP contribution is 2.36. The van der Waals surface area contributed by atoms with Gasteiger partial charge in [-0.05, 0) is 55.1 Å². The first kappa shape index (κ1) is 17.5. The number of rotatable bonds is 4. The van der Waals surface area contributed by atoms with Gasteiger partial charge in [-0.3, -0.25) is 4.90 Å². The van der Waals surface area contributed by atoms with E-state index in [4.69, 9.17) is 4.74 Å². The molecule has 2 aliphatic rings. The minimum atomic E-state index is -0.314. The Labute approximate surface area is 157 Å². The van der Waals surface area contributed by atoms with Gasteiger partial charge in [0, 0.05) is 24.9 Å². The Balaban J connectivity index is 1.47. The van der Waals surface area contributed by atoms with E-state index in [2.05, 4.69) is 11.9 Å². The topological polar surface area (TPSA) is 32.8 Å². The van der Waals surface area contributed by atoms with Gasteiger partial charge in [0.1, 0.15) is 16.9 Å². The largest absolute Gasteiger partial charge is 0.446 e. The minimum Gasteiger partial charge on any atom is -0.446 e. The number of nitrogens with zero attached hydrogens (tertiary/aromatic N) is 2. The number of piperidine rings is 1. The van der Waals surface area contributed by atoms with Gasteiger partial charge in [-0.1, -0.05) is 12.1 Å². The van der Waals surface area contributed by atoms with Crippen LogP contribution in [0.2, 0.25) is 0 Å². The van der Waals surface area contributed by atoms with Crippen molar-refractivity contribution in [3.05, 3.63) is 53.2 Å². The van der Waals surface area contributed by atoms with Crippen LogP contribution in [0, 0.1) is 5.82 Å². The van der Waals surface area contributed by atoms with Gasteiger partial charge in [-0.25, -0.2) is 9.18 Å². The van der Waals surface area contributed by atoms with Gasteiger partial charge in [0.05, 0.1) is 6.54 Å². The van der Waals surface area contributed by atoms with E-state index in [0.717, 1.165) is 23.4 Å². The van der Waals surface area contributed by atoms with E-state index in [1.54, 1.807) is 17.0 Å². The number of hydrogen-bond acceptors (Lipinski definition) is 4. The maximum Gasteiger partial charge on any atom is 0.415 e. The van der Waals surface area contributed by atoms with Gasteiger partial charge < -0.3 is 9.64 Å². The van der Waals surface area contributed by atoms with Gasteiger partial charge in [0.2, 0.25) is 0 Å². The molecule has 2 saturated heterocycles. The predicted molar refractivity (Wildman–Crippen MR) is 101 cm³/mol. The van der Waals surface area contributed by atoms with Crippen molar-refractivity contribution in [1.29, 1.82) is 0 Å². The van der Waals surface area contributed by atoms with Crippen molar-refractivity contribution in [2.45, 2.75) is 50.4 Å². The van der Waals surface area contributed by atoms with E-state index in [0.29, 0.717) is 18.6 Å². The summed E-state index contributed by atoms with van der Waals surface area (Å²) in [5, 5.41) is 2.78. The molecule has 1 amide bonds. The number of thiophene rings is 1. The van der Waals surface area contributed by atoms with Crippen LogP contribution in [-0.2, 0) is 11.3 Å². The normalized spacial score (nSPS) is 25.2. The highest BCUT2D eigenvalue weighted by Gasteiger charge is 2.40. The number of hydrogen-bond donors (Lipinski definition) is 0. The molecule has 0 radical (unpaired) electrons. The highest BCUT2D eigenvalue weighted by molar-refractivity contribution is 7.14. The number of carbonyl (C=O) groups excluding carboxylic acids is 1. The van der Waals surface area contributed by atoms with Crippen LogP contribution in [0.3, 0.4) is 0 Å². The smallest absolute Gasteiger partial charge is 0.415 e. The lowest BCUT2D eigenvalue weighted by molar-refractivity contribution is 0.0315. The van der Waals surface area contributed by atoms with Crippen LogP contribution in [0.25, 0.3) is 0 Å². The van der Waals surface area contributed by atoms with Crippen molar-refractivity contribution in [2.75, 3.05) is 11.9 Å². The summed E-state index contributed by atoms with van der Waals surface area (Å²) in [6, 6.07) is 11.1. The predicted octanol–water partition coefficient (Wildman–Crippen LogP) is 4.66. The summed E-state index contributed by atoms with van der Waals surface area (Å²) in [5.41, 5.74) is 0.875. The molecule has 4 nitrogen and oxygen atoms in total. The number of halogens is 1. The van der Waals surface area contributed by atoms with Crippen LogP contribution in [0.4, 0.5) is 14.2 Å². The molecule has 1 aromatic heterocycles. The molecule has 3 heterocycles. The van der Waals surface area contributed by atoms with Crippen LogP contribution >= 0.6 is 11.3 Å². The average molecular weight is 374 g/mol. The van der Waals surface area contributed by atoms with E-state index in [-0.39, 0.29) is 18.0 Å². The fraction of sp³-hybridized carbons (Fsp3) is 0.450. The Morgan fingerprint density at radius 1 is 1.23 bits per heavy atom. The minimum absolute atomic E-state index is 0.0214. The van der Waals surface area contributed by atoms with Gasteiger partial charge in [-0.15, -0.1) is 11.3 Å². The number of ether oxygens (including phenoxy) is 1. The van der Waals surface area contributed by atoms with Crippen molar-refractivity contribution in [2.24, 2.45) is 0 Å². The molecule has 2 aliphatic heterocycles. The Kier molecular flexibility index (Phi) is 4.96. The Morgan fingerprint density at radius 3 is 2.54 bits per heavy atom. The van der Waals surface area contributed by atoms with Crippen LogP contribution in [0.1, 0.15) is 31.2 Å². The van der Waals surface area contributed by atoms with E-state index >= 15 is 0 Å². The van der Waals surface area contributed by atoms with E-state index in [1.807, 2.05) is 17.5 Å². The maximum atomic E-state index is 13.2. The Morgan fingerprint density at radius 2 is 1.92 bits per heavy atom. The molecule has 0 spiro atoms. The molecule has 2 bridgehead atoms. The van der Waals surface area contributed by atoms with Crippen molar-refractivity contribution in [3.63, 3.8) is 0 Å².